The average Bonchev–Trinajstić information content (AvgIpc) is 2.84. The van der Waals surface area contributed by atoms with Gasteiger partial charge in [-0.15, -0.1) is 0 Å². The summed E-state index contributed by atoms with van der Waals surface area (Å²) in [5.41, 5.74) is 0.0998. The van der Waals surface area contributed by atoms with E-state index in [-0.39, 0.29) is 12.6 Å². The van der Waals surface area contributed by atoms with Crippen molar-refractivity contribution in [3.63, 3.8) is 0 Å². The third-order valence-corrected chi connectivity index (χ3v) is 3.66. The van der Waals surface area contributed by atoms with Crippen LogP contribution >= 0.6 is 0 Å². The Morgan fingerprint density at radius 3 is 2.90 bits per heavy atom. The maximum Gasteiger partial charge on any atom is 0.317 e. The molecule has 2 amide bonds. The summed E-state index contributed by atoms with van der Waals surface area (Å²) >= 11 is 0. The van der Waals surface area contributed by atoms with Gasteiger partial charge in [-0.2, -0.15) is 0 Å². The fraction of sp³-hybridized carbons (Fsp3) is 0.500. The zero-order valence-corrected chi connectivity index (χ0v) is 11.5. The Balaban J connectivity index is 1.78. The summed E-state index contributed by atoms with van der Waals surface area (Å²) in [7, 11) is 0. The molecule has 1 aromatic rings. The molecule has 1 aliphatic rings. The molecule has 0 radical (unpaired) electrons. The molecule has 0 saturated carbocycles. The molecule has 0 aromatic carbocycles. The number of hydrogen-bond donors (Lipinski definition) is 2. The molecule has 20 heavy (non-hydrogen) atoms. The highest BCUT2D eigenvalue weighted by Gasteiger charge is 2.42. The van der Waals surface area contributed by atoms with E-state index in [9.17, 15) is 9.59 Å². The highest BCUT2D eigenvalue weighted by molar-refractivity contribution is 5.79. The van der Waals surface area contributed by atoms with Crippen LogP contribution in [0.5, 0.6) is 0 Å². The van der Waals surface area contributed by atoms with Gasteiger partial charge in [-0.05, 0) is 25.5 Å². The molecule has 1 aromatic heterocycles. The zero-order chi connectivity index (χ0) is 14.6. The van der Waals surface area contributed by atoms with E-state index in [0.717, 1.165) is 5.69 Å². The lowest BCUT2D eigenvalue weighted by Crippen LogP contribution is -2.41. The molecule has 0 bridgehead atoms. The van der Waals surface area contributed by atoms with Crippen LogP contribution in [0.4, 0.5) is 4.79 Å². The second-order valence-corrected chi connectivity index (χ2v) is 5.34. The van der Waals surface area contributed by atoms with E-state index >= 15 is 0 Å². The molecule has 1 atom stereocenters. The Hall–Kier alpha value is -2.11. The Labute approximate surface area is 117 Å². The molecule has 2 rings (SSSR count). The fourth-order valence-corrected chi connectivity index (χ4v) is 2.26. The van der Waals surface area contributed by atoms with Crippen molar-refractivity contribution >= 4 is 12.0 Å². The van der Waals surface area contributed by atoms with Gasteiger partial charge in [0, 0.05) is 37.9 Å². The predicted octanol–water partition coefficient (Wildman–Crippen LogP) is 1.13. The van der Waals surface area contributed by atoms with Crippen molar-refractivity contribution in [1.82, 2.24) is 15.2 Å². The second-order valence-electron chi connectivity index (χ2n) is 5.34. The van der Waals surface area contributed by atoms with Crippen molar-refractivity contribution in [2.75, 3.05) is 19.6 Å². The number of likely N-dealkylation sites (tertiary alicyclic amines) is 1. The summed E-state index contributed by atoms with van der Waals surface area (Å²) in [4.78, 5) is 28.8. The number of nitrogens with one attached hydrogen (secondary N) is 1. The highest BCUT2D eigenvalue weighted by atomic mass is 16.4. The van der Waals surface area contributed by atoms with E-state index in [2.05, 4.69) is 10.3 Å². The number of rotatable bonds is 4. The first-order valence-corrected chi connectivity index (χ1v) is 6.67. The number of carboxylic acids is 1. The number of urea groups is 1. The minimum absolute atomic E-state index is 0.203. The standard InChI is InChI=1S/C14H19N3O3/c1-14(12(18)19)6-9-17(10-14)13(20)16-8-5-11-4-2-3-7-15-11/h2-4,7H,5-6,8-10H2,1H3,(H,16,20)(H,18,19). The molecule has 1 saturated heterocycles. The maximum atomic E-state index is 11.9. The van der Waals surface area contributed by atoms with E-state index in [1.807, 2.05) is 18.2 Å². The molecular weight excluding hydrogens is 258 g/mol. The number of aromatic nitrogens is 1. The molecule has 2 heterocycles. The third-order valence-electron chi connectivity index (χ3n) is 3.66. The van der Waals surface area contributed by atoms with Crippen LogP contribution in [-0.2, 0) is 11.2 Å². The van der Waals surface area contributed by atoms with E-state index in [1.165, 1.54) is 0 Å². The minimum Gasteiger partial charge on any atom is -0.481 e. The smallest absolute Gasteiger partial charge is 0.317 e. The quantitative estimate of drug-likeness (QED) is 0.864. The number of carboxylic acid groups (broad SMARTS) is 1. The largest absolute Gasteiger partial charge is 0.481 e. The van der Waals surface area contributed by atoms with Gasteiger partial charge in [0.15, 0.2) is 0 Å². The number of hydrogen-bond acceptors (Lipinski definition) is 3. The Bertz CT molecular complexity index is 492. The van der Waals surface area contributed by atoms with Gasteiger partial charge in [-0.25, -0.2) is 4.79 Å². The number of carbonyl (C=O) groups is 2. The van der Waals surface area contributed by atoms with Crippen molar-refractivity contribution in [2.45, 2.75) is 19.8 Å². The first-order chi connectivity index (χ1) is 9.51. The Kier molecular flexibility index (Phi) is 4.22. The van der Waals surface area contributed by atoms with Gasteiger partial charge in [0.25, 0.3) is 0 Å². The van der Waals surface area contributed by atoms with Gasteiger partial charge >= 0.3 is 12.0 Å². The molecule has 2 N–H and O–H groups in total. The summed E-state index contributed by atoms with van der Waals surface area (Å²) in [5, 5.41) is 11.9. The zero-order valence-electron chi connectivity index (χ0n) is 11.5. The molecule has 108 valence electrons. The molecule has 0 spiro atoms. The summed E-state index contributed by atoms with van der Waals surface area (Å²) < 4.78 is 0. The van der Waals surface area contributed by atoms with Gasteiger partial charge < -0.3 is 15.3 Å². The lowest BCUT2D eigenvalue weighted by molar-refractivity contribution is -0.146. The van der Waals surface area contributed by atoms with Gasteiger partial charge in [-0.3, -0.25) is 9.78 Å². The third kappa shape index (κ3) is 3.26. The van der Waals surface area contributed by atoms with Crippen LogP contribution in [0, 0.1) is 5.41 Å². The van der Waals surface area contributed by atoms with Crippen molar-refractivity contribution in [3.8, 4) is 0 Å². The predicted molar refractivity (Wildman–Crippen MR) is 73.3 cm³/mol. The number of aliphatic carboxylic acids is 1. The lowest BCUT2D eigenvalue weighted by atomic mass is 9.90. The lowest BCUT2D eigenvalue weighted by Gasteiger charge is -2.20. The average molecular weight is 277 g/mol. The normalized spacial score (nSPS) is 21.8. The van der Waals surface area contributed by atoms with Gasteiger partial charge in [-0.1, -0.05) is 6.07 Å². The number of nitrogens with zero attached hydrogens (tertiary/aromatic N) is 2. The second kappa shape index (κ2) is 5.90. The topological polar surface area (TPSA) is 82.5 Å². The van der Waals surface area contributed by atoms with Crippen molar-refractivity contribution in [3.05, 3.63) is 30.1 Å². The molecule has 6 heteroatoms. The SMILES string of the molecule is CC1(C(=O)O)CCN(C(=O)NCCc2ccccn2)C1. The summed E-state index contributed by atoms with van der Waals surface area (Å²) in [6.07, 6.45) is 2.88. The summed E-state index contributed by atoms with van der Waals surface area (Å²) in [6.45, 7) is 2.92. The number of pyridine rings is 1. The van der Waals surface area contributed by atoms with E-state index in [0.29, 0.717) is 25.9 Å². The van der Waals surface area contributed by atoms with Crippen molar-refractivity contribution in [1.29, 1.82) is 0 Å². The van der Waals surface area contributed by atoms with Crippen molar-refractivity contribution in [2.24, 2.45) is 5.41 Å². The summed E-state index contributed by atoms with van der Waals surface area (Å²) in [6, 6.07) is 5.46. The Morgan fingerprint density at radius 1 is 1.50 bits per heavy atom. The first-order valence-electron chi connectivity index (χ1n) is 6.67. The number of amides is 2. The highest BCUT2D eigenvalue weighted by Crippen LogP contribution is 2.29. The van der Waals surface area contributed by atoms with Crippen LogP contribution in [0.15, 0.2) is 24.4 Å². The van der Waals surface area contributed by atoms with Crippen LogP contribution in [0.2, 0.25) is 0 Å². The molecular formula is C14H19N3O3. The van der Waals surface area contributed by atoms with Gasteiger partial charge in [0.2, 0.25) is 0 Å². The monoisotopic (exact) mass is 277 g/mol. The van der Waals surface area contributed by atoms with Gasteiger partial charge in [0.05, 0.1) is 5.41 Å². The maximum absolute atomic E-state index is 11.9. The number of carbonyl (C=O) groups excluding carboxylic acids is 1. The first kappa shape index (κ1) is 14.3. The fourth-order valence-electron chi connectivity index (χ4n) is 2.26. The molecule has 1 aliphatic heterocycles. The molecule has 1 unspecified atom stereocenters. The molecule has 6 nitrogen and oxygen atoms in total. The molecule has 0 aliphatic carbocycles. The van der Waals surface area contributed by atoms with Gasteiger partial charge in [0.1, 0.15) is 0 Å². The van der Waals surface area contributed by atoms with Crippen molar-refractivity contribution < 1.29 is 14.7 Å². The van der Waals surface area contributed by atoms with E-state index in [4.69, 9.17) is 5.11 Å². The van der Waals surface area contributed by atoms with Crippen LogP contribution in [-0.4, -0.2) is 46.6 Å². The Morgan fingerprint density at radius 2 is 2.30 bits per heavy atom. The summed E-state index contributed by atoms with van der Waals surface area (Å²) in [5.74, 6) is -0.846. The minimum atomic E-state index is -0.846. The molecule has 1 fully saturated rings. The van der Waals surface area contributed by atoms with Crippen LogP contribution < -0.4 is 5.32 Å². The van der Waals surface area contributed by atoms with E-state index < -0.39 is 11.4 Å². The van der Waals surface area contributed by atoms with Crippen LogP contribution in [0.1, 0.15) is 19.0 Å². The van der Waals surface area contributed by atoms with Crippen LogP contribution in [0.3, 0.4) is 0 Å². The van der Waals surface area contributed by atoms with E-state index in [1.54, 1.807) is 18.0 Å². The van der Waals surface area contributed by atoms with Crippen LogP contribution in [0.25, 0.3) is 0 Å².